The Morgan fingerprint density at radius 3 is 3.00 bits per heavy atom. The summed E-state index contributed by atoms with van der Waals surface area (Å²) in [5.41, 5.74) is 2.40. The van der Waals surface area contributed by atoms with Crippen molar-refractivity contribution in [1.29, 1.82) is 0 Å². The van der Waals surface area contributed by atoms with Gasteiger partial charge in [-0.1, -0.05) is 0 Å². The van der Waals surface area contributed by atoms with Crippen LogP contribution in [0.1, 0.15) is 9.88 Å². The molecule has 0 radical (unpaired) electrons. The number of nitrogens with zero attached hydrogens (tertiary/aromatic N) is 3. The van der Waals surface area contributed by atoms with Crippen molar-refractivity contribution >= 4 is 23.1 Å². The van der Waals surface area contributed by atoms with Gasteiger partial charge in [0.2, 0.25) is 5.95 Å². The van der Waals surface area contributed by atoms with Gasteiger partial charge >= 0.3 is 0 Å². The molecule has 0 bridgehead atoms. The number of nitrogens with two attached hydrogens (primary N) is 1. The number of hydrogen-bond acceptors (Lipinski definition) is 7. The van der Waals surface area contributed by atoms with Gasteiger partial charge in [-0.15, -0.1) is 11.3 Å². The summed E-state index contributed by atoms with van der Waals surface area (Å²) in [6, 6.07) is 1.79. The Morgan fingerprint density at radius 1 is 1.44 bits per heavy atom. The van der Waals surface area contributed by atoms with Crippen LogP contribution in [-0.4, -0.2) is 15.0 Å². The highest BCUT2D eigenvalue weighted by molar-refractivity contribution is 7.11. The van der Waals surface area contributed by atoms with E-state index in [2.05, 4.69) is 25.7 Å². The van der Waals surface area contributed by atoms with Crippen molar-refractivity contribution in [1.82, 2.24) is 15.0 Å². The minimum Gasteiger partial charge on any atom is -0.365 e. The molecule has 7 heteroatoms. The average molecular weight is 236 g/mol. The Balaban J connectivity index is 1.99. The molecular formula is C9H12N6S. The lowest BCUT2D eigenvalue weighted by atomic mass is 10.5. The zero-order valence-electron chi connectivity index (χ0n) is 8.77. The first kappa shape index (κ1) is 10.8. The van der Waals surface area contributed by atoms with E-state index in [0.717, 1.165) is 10.8 Å². The van der Waals surface area contributed by atoms with Crippen molar-refractivity contribution in [2.24, 2.45) is 5.84 Å². The van der Waals surface area contributed by atoms with Gasteiger partial charge in [-0.05, 0) is 13.0 Å². The van der Waals surface area contributed by atoms with Crippen molar-refractivity contribution in [3.05, 3.63) is 28.3 Å². The lowest BCUT2D eigenvalue weighted by Crippen LogP contribution is -2.11. The molecule has 0 atom stereocenters. The third kappa shape index (κ3) is 2.65. The fourth-order valence-corrected chi connectivity index (χ4v) is 1.93. The molecule has 0 aromatic carbocycles. The van der Waals surface area contributed by atoms with Crippen LogP contribution >= 0.6 is 11.3 Å². The number of hydrogen-bond donors (Lipinski definition) is 3. The molecule has 2 heterocycles. The van der Waals surface area contributed by atoms with Crippen LogP contribution in [0, 0.1) is 6.92 Å². The summed E-state index contributed by atoms with van der Waals surface area (Å²) in [6.45, 7) is 2.68. The van der Waals surface area contributed by atoms with E-state index in [-0.39, 0.29) is 0 Å². The fourth-order valence-electron chi connectivity index (χ4n) is 1.19. The molecule has 84 valence electrons. The Morgan fingerprint density at radius 2 is 2.31 bits per heavy atom. The van der Waals surface area contributed by atoms with E-state index in [1.165, 1.54) is 4.88 Å². The van der Waals surface area contributed by atoms with Gasteiger partial charge in [0.25, 0.3) is 0 Å². The number of thiazole rings is 1. The molecule has 16 heavy (non-hydrogen) atoms. The Hall–Kier alpha value is -1.73. The monoisotopic (exact) mass is 236 g/mol. The first-order chi connectivity index (χ1) is 7.78. The molecule has 0 amide bonds. The fraction of sp³-hybridized carbons (Fsp3) is 0.222. The predicted molar refractivity (Wildman–Crippen MR) is 64.0 cm³/mol. The molecule has 6 nitrogen and oxygen atoms in total. The van der Waals surface area contributed by atoms with Gasteiger partial charge in [-0.2, -0.15) is 4.98 Å². The van der Waals surface area contributed by atoms with E-state index in [4.69, 9.17) is 5.84 Å². The quantitative estimate of drug-likeness (QED) is 0.545. The van der Waals surface area contributed by atoms with Gasteiger partial charge in [0.05, 0.1) is 11.6 Å². The minimum absolute atomic E-state index is 0.394. The lowest BCUT2D eigenvalue weighted by Gasteiger charge is -2.04. The molecular weight excluding hydrogens is 224 g/mol. The zero-order chi connectivity index (χ0) is 11.4. The number of hydrazine groups is 1. The molecule has 0 fully saturated rings. The lowest BCUT2D eigenvalue weighted by molar-refractivity contribution is 1.07. The summed E-state index contributed by atoms with van der Waals surface area (Å²) < 4.78 is 0. The third-order valence-electron chi connectivity index (χ3n) is 1.90. The number of nitrogens with one attached hydrogen (secondary N) is 2. The van der Waals surface area contributed by atoms with Crippen LogP contribution in [0.5, 0.6) is 0 Å². The van der Waals surface area contributed by atoms with Crippen LogP contribution in [-0.2, 0) is 6.54 Å². The molecule has 0 aliphatic carbocycles. The summed E-state index contributed by atoms with van der Waals surface area (Å²) in [4.78, 5) is 13.4. The molecule has 0 aliphatic rings. The predicted octanol–water partition coefficient (Wildman–Crippen LogP) is 1.14. The van der Waals surface area contributed by atoms with Crippen molar-refractivity contribution in [2.45, 2.75) is 13.5 Å². The Kier molecular flexibility index (Phi) is 3.28. The number of aryl methyl sites for hydroxylation is 1. The van der Waals surface area contributed by atoms with E-state index < -0.39 is 0 Å². The van der Waals surface area contributed by atoms with Crippen LogP contribution in [0.15, 0.2) is 18.5 Å². The molecule has 0 spiro atoms. The van der Waals surface area contributed by atoms with Crippen molar-refractivity contribution < 1.29 is 0 Å². The second-order valence-electron chi connectivity index (χ2n) is 3.11. The molecule has 2 aromatic rings. The van der Waals surface area contributed by atoms with Crippen LogP contribution in [0.3, 0.4) is 0 Å². The summed E-state index contributed by atoms with van der Waals surface area (Å²) in [5, 5.41) is 4.23. The van der Waals surface area contributed by atoms with E-state index in [0.29, 0.717) is 12.5 Å². The van der Waals surface area contributed by atoms with E-state index in [9.17, 15) is 0 Å². The normalized spacial score (nSPS) is 10.1. The first-order valence-electron chi connectivity index (χ1n) is 4.73. The Bertz CT molecular complexity index is 469. The molecule has 4 N–H and O–H groups in total. The van der Waals surface area contributed by atoms with Crippen molar-refractivity contribution in [3.8, 4) is 0 Å². The maximum absolute atomic E-state index is 5.22. The molecule has 2 aromatic heterocycles. The summed E-state index contributed by atoms with van der Waals surface area (Å²) in [5.74, 6) is 6.34. The van der Waals surface area contributed by atoms with E-state index in [1.807, 2.05) is 13.1 Å². The highest BCUT2D eigenvalue weighted by atomic mass is 32.1. The maximum Gasteiger partial charge on any atom is 0.239 e. The molecule has 0 saturated heterocycles. The van der Waals surface area contributed by atoms with Crippen LogP contribution in [0.25, 0.3) is 0 Å². The maximum atomic E-state index is 5.22. The van der Waals surface area contributed by atoms with Crippen LogP contribution in [0.4, 0.5) is 11.8 Å². The summed E-state index contributed by atoms with van der Waals surface area (Å²) in [6.07, 6.45) is 3.50. The van der Waals surface area contributed by atoms with Crippen molar-refractivity contribution in [2.75, 3.05) is 10.7 Å². The summed E-state index contributed by atoms with van der Waals surface area (Å²) in [7, 11) is 0. The van der Waals surface area contributed by atoms with Crippen LogP contribution < -0.4 is 16.6 Å². The van der Waals surface area contributed by atoms with Gasteiger partial charge in [-0.3, -0.25) is 5.43 Å². The second kappa shape index (κ2) is 4.86. The van der Waals surface area contributed by atoms with Crippen molar-refractivity contribution in [3.63, 3.8) is 0 Å². The van der Waals surface area contributed by atoms with Gasteiger partial charge < -0.3 is 5.32 Å². The topological polar surface area (TPSA) is 88.8 Å². The largest absolute Gasteiger partial charge is 0.365 e. The van der Waals surface area contributed by atoms with Gasteiger partial charge in [0.15, 0.2) is 0 Å². The third-order valence-corrected chi connectivity index (χ3v) is 2.81. The molecule has 0 saturated carbocycles. The first-order valence-corrected chi connectivity index (χ1v) is 5.54. The molecule has 0 aliphatic heterocycles. The summed E-state index contributed by atoms with van der Waals surface area (Å²) >= 11 is 1.66. The number of nitrogen functional groups attached to an aromatic ring is 1. The number of aromatic nitrogens is 3. The van der Waals surface area contributed by atoms with E-state index in [1.54, 1.807) is 23.6 Å². The van der Waals surface area contributed by atoms with Gasteiger partial charge in [0, 0.05) is 17.3 Å². The second-order valence-corrected chi connectivity index (χ2v) is 4.43. The molecule has 2 rings (SSSR count). The number of anilines is 2. The number of rotatable bonds is 4. The average Bonchev–Trinajstić information content (AvgIpc) is 2.73. The Labute approximate surface area is 96.9 Å². The zero-order valence-corrected chi connectivity index (χ0v) is 9.58. The SMILES string of the molecule is Cc1ncc(CNc2ccnc(NN)n2)s1. The minimum atomic E-state index is 0.394. The van der Waals surface area contributed by atoms with Gasteiger partial charge in [0.1, 0.15) is 5.82 Å². The highest BCUT2D eigenvalue weighted by Crippen LogP contribution is 2.13. The smallest absolute Gasteiger partial charge is 0.239 e. The standard InChI is InChI=1S/C9H12N6S/c1-6-12-4-7(16-6)5-13-8-2-3-11-9(14-8)15-10/h2-4H,5,10H2,1H3,(H2,11,13,14,15). The van der Waals surface area contributed by atoms with Crippen LogP contribution in [0.2, 0.25) is 0 Å². The molecule has 0 unspecified atom stereocenters. The van der Waals surface area contributed by atoms with Gasteiger partial charge in [-0.25, -0.2) is 15.8 Å². The highest BCUT2D eigenvalue weighted by Gasteiger charge is 2.00. The van der Waals surface area contributed by atoms with E-state index >= 15 is 0 Å².